The topological polar surface area (TPSA) is 260 Å². The Morgan fingerprint density at radius 1 is 1.14 bits per heavy atom. The highest BCUT2D eigenvalue weighted by molar-refractivity contribution is 7.45. The second-order valence-corrected chi connectivity index (χ2v) is 13.2. The summed E-state index contributed by atoms with van der Waals surface area (Å²) < 4.78 is 63.6. The molecule has 2 saturated heterocycles. The summed E-state index contributed by atoms with van der Waals surface area (Å²) in [5.41, 5.74) is 3.49. The van der Waals surface area contributed by atoms with Crippen LogP contribution in [0.4, 0.5) is 10.3 Å². The van der Waals surface area contributed by atoms with Crippen molar-refractivity contribution in [3.05, 3.63) is 49.8 Å². The van der Waals surface area contributed by atoms with Crippen molar-refractivity contribution in [3.8, 4) is 0 Å². The Morgan fingerprint density at radius 2 is 1.86 bits per heavy atom. The molecule has 0 spiro atoms. The third kappa shape index (κ3) is 7.38. The SMILES string of the molecule is COC[C@H]1O[C@@H](n2ccc(=O)[nH]c2=O)C(F)C1CC(=O)N(C[C@H]1O[C@@H](n2cnc3c(=O)[nH]c(N)nc32)C(OC)C1OP(=O)([O-])OC)C(C)C. The molecule has 0 bridgehead atoms. The lowest BCUT2D eigenvalue weighted by atomic mass is 9.94. The van der Waals surface area contributed by atoms with E-state index in [1.54, 1.807) is 13.8 Å². The summed E-state index contributed by atoms with van der Waals surface area (Å²) in [5, 5.41) is 0. The van der Waals surface area contributed by atoms with Crippen LogP contribution in [0.5, 0.6) is 0 Å². The third-order valence-corrected chi connectivity index (χ3v) is 9.37. The number of alkyl halides is 1. The molecule has 3 aromatic heterocycles. The van der Waals surface area contributed by atoms with Gasteiger partial charge < -0.3 is 43.5 Å². The zero-order valence-electron chi connectivity index (χ0n) is 27.1. The summed E-state index contributed by atoms with van der Waals surface area (Å²) in [7, 11) is -1.36. The largest absolute Gasteiger partial charge is 0.756 e. The van der Waals surface area contributed by atoms with Gasteiger partial charge in [0.25, 0.3) is 18.9 Å². The fraction of sp³-hybridized carbons (Fsp3) is 0.630. The van der Waals surface area contributed by atoms with E-state index in [1.807, 2.05) is 0 Å². The van der Waals surface area contributed by atoms with Crippen molar-refractivity contribution >= 4 is 30.8 Å². The number of phosphoric ester groups is 1. The highest BCUT2D eigenvalue weighted by Gasteiger charge is 2.51. The Morgan fingerprint density at radius 3 is 2.49 bits per heavy atom. The number of nitrogen functional groups attached to an aromatic ring is 1. The Balaban J connectivity index is 1.44. The molecular weight excluding hydrogens is 678 g/mol. The Bertz CT molecular complexity index is 1880. The monoisotopic (exact) mass is 715 g/mol. The van der Waals surface area contributed by atoms with Crippen molar-refractivity contribution in [3.63, 3.8) is 0 Å². The molecule has 270 valence electrons. The van der Waals surface area contributed by atoms with Gasteiger partial charge in [-0.05, 0) is 13.8 Å². The molecule has 2 aliphatic rings. The molecular formula is C27H37FN8O12P-. The lowest BCUT2D eigenvalue weighted by Crippen LogP contribution is -2.48. The van der Waals surface area contributed by atoms with E-state index in [0.29, 0.717) is 0 Å². The number of nitrogens with zero attached hydrogens (tertiary/aromatic N) is 5. The molecule has 5 unspecified atom stereocenters. The van der Waals surface area contributed by atoms with E-state index in [2.05, 4.69) is 24.5 Å². The summed E-state index contributed by atoms with van der Waals surface area (Å²) in [5.74, 6) is -1.86. The number of methoxy groups -OCH3 is 2. The summed E-state index contributed by atoms with van der Waals surface area (Å²) >= 11 is 0. The van der Waals surface area contributed by atoms with E-state index in [1.165, 1.54) is 30.0 Å². The van der Waals surface area contributed by atoms with Crippen LogP contribution >= 0.6 is 7.82 Å². The number of carbonyl (C=O) groups excluding carboxylic acids is 1. The van der Waals surface area contributed by atoms with Gasteiger partial charge in [-0.15, -0.1) is 0 Å². The predicted molar refractivity (Wildman–Crippen MR) is 164 cm³/mol. The van der Waals surface area contributed by atoms with Gasteiger partial charge in [0.1, 0.15) is 18.3 Å². The first-order valence-electron chi connectivity index (χ1n) is 15.0. The standard InChI is InChI=1S/C27H38FN8O12P/c1-12(2)35(17(38)8-13-15(10-43-3)47-24(18(13)28)34-7-6-16(37)31-27(34)40)9-14-20(48-49(41,42)45-5)21(44-4)25(46-14)36-11-30-19-22(36)32-26(29)33-23(19)39/h6-7,11-15,18,20-21,24-25H,8-10H2,1-5H3,(H,41,42)(H,31,37,40)(H3,29,32,33,39)/p-1/t13?,14-,15-,18?,20?,21?,24-,25-/m1/s1. The van der Waals surface area contributed by atoms with Gasteiger partial charge in [-0.3, -0.25) is 38.1 Å². The van der Waals surface area contributed by atoms with Crippen molar-refractivity contribution in [1.82, 2.24) is 34.0 Å². The number of amides is 1. The minimum absolute atomic E-state index is 0.0112. The van der Waals surface area contributed by atoms with Crippen molar-refractivity contribution < 1.29 is 46.6 Å². The van der Waals surface area contributed by atoms with Gasteiger partial charge in [-0.2, -0.15) is 4.98 Å². The lowest BCUT2D eigenvalue weighted by Gasteiger charge is -2.34. The van der Waals surface area contributed by atoms with Crippen LogP contribution in [0, 0.1) is 5.92 Å². The van der Waals surface area contributed by atoms with E-state index in [0.717, 1.165) is 23.9 Å². The molecule has 5 rings (SSSR count). The van der Waals surface area contributed by atoms with Crippen LogP contribution in [0.15, 0.2) is 33.0 Å². The number of ether oxygens (including phenoxy) is 4. The zero-order chi connectivity index (χ0) is 35.8. The number of fused-ring (bicyclic) bond motifs is 1. The molecule has 3 aromatic rings. The summed E-state index contributed by atoms with van der Waals surface area (Å²) in [4.78, 5) is 76.8. The maximum absolute atomic E-state index is 16.0. The Kier molecular flexibility index (Phi) is 10.8. The number of carbonyl (C=O) groups is 1. The molecule has 20 nitrogen and oxygen atoms in total. The molecule has 0 aromatic carbocycles. The number of aromatic amines is 2. The molecule has 5 heterocycles. The molecule has 2 aliphatic heterocycles. The normalized spacial score (nSPS) is 28.3. The van der Waals surface area contributed by atoms with Crippen molar-refractivity contribution in [1.29, 1.82) is 0 Å². The number of anilines is 1. The molecule has 1 amide bonds. The fourth-order valence-corrected chi connectivity index (χ4v) is 6.72. The third-order valence-electron chi connectivity index (χ3n) is 8.42. The quantitative estimate of drug-likeness (QED) is 0.175. The molecule has 49 heavy (non-hydrogen) atoms. The minimum Gasteiger partial charge on any atom is -0.756 e. The number of phosphoric acid groups is 1. The minimum atomic E-state index is -4.92. The first-order chi connectivity index (χ1) is 23.2. The highest BCUT2D eigenvalue weighted by atomic mass is 31.2. The molecule has 22 heteroatoms. The number of imidazole rings is 1. The number of nitrogens with two attached hydrogens (primary N) is 1. The van der Waals surface area contributed by atoms with Crippen molar-refractivity contribution in [2.45, 2.75) is 69.4 Å². The number of nitrogens with one attached hydrogen (secondary N) is 2. The van der Waals surface area contributed by atoms with Gasteiger partial charge in [0.05, 0.1) is 19.0 Å². The van der Waals surface area contributed by atoms with Gasteiger partial charge in [0.15, 0.2) is 29.8 Å². The van der Waals surface area contributed by atoms with Gasteiger partial charge >= 0.3 is 5.69 Å². The maximum atomic E-state index is 16.0. The Labute approximate surface area is 276 Å². The van der Waals surface area contributed by atoms with Crippen molar-refractivity contribution in [2.24, 2.45) is 5.92 Å². The van der Waals surface area contributed by atoms with Crippen LogP contribution in [0.25, 0.3) is 11.2 Å². The Hall–Kier alpha value is -3.82. The highest BCUT2D eigenvalue weighted by Crippen LogP contribution is 2.46. The first-order valence-corrected chi connectivity index (χ1v) is 16.5. The van der Waals surface area contributed by atoms with Gasteiger partial charge in [0.2, 0.25) is 11.9 Å². The molecule has 9 atom stereocenters. The molecule has 0 aliphatic carbocycles. The van der Waals surface area contributed by atoms with Crippen molar-refractivity contribution in [2.75, 3.05) is 40.2 Å². The molecule has 0 saturated carbocycles. The van der Waals surface area contributed by atoms with E-state index >= 15 is 4.39 Å². The summed E-state index contributed by atoms with van der Waals surface area (Å²) in [6.45, 7) is 3.00. The smallest absolute Gasteiger partial charge is 0.330 e. The van der Waals surface area contributed by atoms with Gasteiger partial charge in [-0.1, -0.05) is 0 Å². The van der Waals surface area contributed by atoms with Crippen LogP contribution in [-0.2, 0) is 37.4 Å². The number of hydrogen-bond acceptors (Lipinski definition) is 15. The fourth-order valence-electron chi connectivity index (χ4n) is 6.08. The number of rotatable bonds is 13. The second-order valence-electron chi connectivity index (χ2n) is 11.7. The molecule has 4 N–H and O–H groups in total. The van der Waals surface area contributed by atoms with Gasteiger partial charge in [0, 0.05) is 58.5 Å². The average molecular weight is 716 g/mol. The second kappa shape index (κ2) is 14.6. The number of hydrogen-bond donors (Lipinski definition) is 3. The van der Waals surface area contributed by atoms with E-state index in [9.17, 15) is 28.6 Å². The lowest BCUT2D eigenvalue weighted by molar-refractivity contribution is -0.231. The van der Waals surface area contributed by atoms with Crippen LogP contribution in [0.2, 0.25) is 0 Å². The van der Waals surface area contributed by atoms with Crippen LogP contribution in [0.1, 0.15) is 32.7 Å². The molecule has 2 fully saturated rings. The zero-order valence-corrected chi connectivity index (χ0v) is 28.0. The predicted octanol–water partition coefficient (Wildman–Crippen LogP) is -1.21. The van der Waals surface area contributed by atoms with E-state index in [4.69, 9.17) is 29.2 Å². The van der Waals surface area contributed by atoms with E-state index in [-0.39, 0.29) is 30.3 Å². The number of aromatic nitrogens is 6. The molecule has 0 radical (unpaired) electrons. The average Bonchev–Trinajstić information content (AvgIpc) is 3.69. The number of halogens is 1. The van der Waals surface area contributed by atoms with E-state index < -0.39 is 92.0 Å². The first kappa shape index (κ1) is 36.5. The maximum Gasteiger partial charge on any atom is 0.330 e. The number of H-pyrrole nitrogens is 2. The van der Waals surface area contributed by atoms with Crippen LogP contribution in [-0.4, -0.2) is 111 Å². The summed E-state index contributed by atoms with van der Waals surface area (Å²) in [6, 6.07) is 0.522. The van der Waals surface area contributed by atoms with Gasteiger partial charge in [-0.25, -0.2) is 14.2 Å². The summed E-state index contributed by atoms with van der Waals surface area (Å²) in [6.07, 6.45) is -7.28. The van der Waals surface area contributed by atoms with Crippen LogP contribution < -0.4 is 27.4 Å². The van der Waals surface area contributed by atoms with Crippen LogP contribution in [0.3, 0.4) is 0 Å².